The highest BCUT2D eigenvalue weighted by Gasteiger charge is 2.32. The number of rotatable bonds is 7. The number of aliphatic carboxylic acids is 1. The van der Waals surface area contributed by atoms with E-state index in [0.717, 1.165) is 6.42 Å². The lowest BCUT2D eigenvalue weighted by atomic mass is 9.92. The van der Waals surface area contributed by atoms with Crippen LogP contribution in [0.2, 0.25) is 0 Å². The van der Waals surface area contributed by atoms with Gasteiger partial charge in [0.15, 0.2) is 0 Å². The SMILES string of the molecule is CC(C)CCC(C)(NCC(C)O)C(=O)O. The van der Waals surface area contributed by atoms with Gasteiger partial charge in [-0.05, 0) is 32.6 Å². The van der Waals surface area contributed by atoms with Crippen LogP contribution in [0.25, 0.3) is 0 Å². The summed E-state index contributed by atoms with van der Waals surface area (Å²) >= 11 is 0. The van der Waals surface area contributed by atoms with E-state index in [1.807, 2.05) is 0 Å². The van der Waals surface area contributed by atoms with Crippen LogP contribution in [0.4, 0.5) is 0 Å². The summed E-state index contributed by atoms with van der Waals surface area (Å²) in [6.45, 7) is 7.74. The Hall–Kier alpha value is -0.610. The Morgan fingerprint density at radius 2 is 1.93 bits per heavy atom. The van der Waals surface area contributed by atoms with Crippen LogP contribution in [0, 0.1) is 5.92 Å². The van der Waals surface area contributed by atoms with E-state index in [9.17, 15) is 4.79 Å². The Morgan fingerprint density at radius 3 is 2.27 bits per heavy atom. The van der Waals surface area contributed by atoms with Crippen LogP contribution in [0.1, 0.15) is 40.5 Å². The fraction of sp³-hybridized carbons (Fsp3) is 0.909. The minimum atomic E-state index is -0.929. The van der Waals surface area contributed by atoms with Gasteiger partial charge in [0.05, 0.1) is 6.10 Å². The van der Waals surface area contributed by atoms with Crippen molar-refractivity contribution < 1.29 is 15.0 Å². The van der Waals surface area contributed by atoms with E-state index in [0.29, 0.717) is 18.9 Å². The molecule has 0 spiro atoms. The monoisotopic (exact) mass is 217 g/mol. The van der Waals surface area contributed by atoms with Gasteiger partial charge in [0.1, 0.15) is 5.54 Å². The van der Waals surface area contributed by atoms with Crippen LogP contribution in [0.3, 0.4) is 0 Å². The van der Waals surface area contributed by atoms with Gasteiger partial charge in [-0.2, -0.15) is 0 Å². The summed E-state index contributed by atoms with van der Waals surface area (Å²) in [6.07, 6.45) is 0.908. The lowest BCUT2D eigenvalue weighted by Gasteiger charge is -2.27. The van der Waals surface area contributed by atoms with Gasteiger partial charge in [0.2, 0.25) is 0 Å². The first kappa shape index (κ1) is 14.4. The van der Waals surface area contributed by atoms with Crippen molar-refractivity contribution in [1.29, 1.82) is 0 Å². The first-order valence-corrected chi connectivity index (χ1v) is 5.44. The molecule has 3 N–H and O–H groups in total. The summed E-state index contributed by atoms with van der Waals surface area (Å²) < 4.78 is 0. The molecule has 4 heteroatoms. The zero-order valence-electron chi connectivity index (χ0n) is 10.1. The van der Waals surface area contributed by atoms with Crippen molar-refractivity contribution in [2.24, 2.45) is 5.92 Å². The number of hydrogen-bond acceptors (Lipinski definition) is 3. The molecule has 0 fully saturated rings. The van der Waals surface area contributed by atoms with E-state index in [1.54, 1.807) is 13.8 Å². The maximum Gasteiger partial charge on any atom is 0.323 e. The number of carbonyl (C=O) groups is 1. The fourth-order valence-corrected chi connectivity index (χ4v) is 1.22. The predicted molar refractivity (Wildman–Crippen MR) is 59.8 cm³/mol. The molecule has 90 valence electrons. The maximum atomic E-state index is 11.1. The van der Waals surface area contributed by atoms with E-state index in [4.69, 9.17) is 10.2 Å². The second-order valence-corrected chi connectivity index (χ2v) is 4.80. The van der Waals surface area contributed by atoms with E-state index >= 15 is 0 Å². The molecule has 0 amide bonds. The molecular formula is C11H23NO3. The van der Waals surface area contributed by atoms with E-state index < -0.39 is 17.6 Å². The molecule has 15 heavy (non-hydrogen) atoms. The summed E-state index contributed by atoms with van der Waals surface area (Å²) in [4.78, 5) is 11.1. The first-order valence-electron chi connectivity index (χ1n) is 5.44. The van der Waals surface area contributed by atoms with Crippen molar-refractivity contribution in [2.45, 2.75) is 52.2 Å². The van der Waals surface area contributed by atoms with E-state index in [2.05, 4.69) is 19.2 Å². The van der Waals surface area contributed by atoms with Gasteiger partial charge in [-0.3, -0.25) is 10.1 Å². The molecule has 0 heterocycles. The lowest BCUT2D eigenvalue weighted by Crippen LogP contribution is -2.51. The number of aliphatic hydroxyl groups excluding tert-OH is 1. The molecule has 0 aliphatic rings. The molecule has 0 aromatic carbocycles. The number of hydrogen-bond donors (Lipinski definition) is 3. The molecule has 4 nitrogen and oxygen atoms in total. The van der Waals surface area contributed by atoms with Gasteiger partial charge in [0, 0.05) is 6.54 Å². The fourth-order valence-electron chi connectivity index (χ4n) is 1.22. The quantitative estimate of drug-likeness (QED) is 0.600. The van der Waals surface area contributed by atoms with Crippen LogP contribution in [-0.4, -0.2) is 34.4 Å². The third-order valence-electron chi connectivity index (χ3n) is 2.48. The molecule has 0 aliphatic carbocycles. The number of aliphatic hydroxyl groups is 1. The third kappa shape index (κ3) is 5.74. The Kier molecular flexibility index (Phi) is 5.83. The average molecular weight is 217 g/mol. The Labute approximate surface area is 91.7 Å². The Morgan fingerprint density at radius 1 is 1.40 bits per heavy atom. The van der Waals surface area contributed by atoms with Crippen molar-refractivity contribution in [1.82, 2.24) is 5.32 Å². The van der Waals surface area contributed by atoms with Gasteiger partial charge in [-0.25, -0.2) is 0 Å². The summed E-state index contributed by atoms with van der Waals surface area (Å²) in [5.41, 5.74) is -0.929. The van der Waals surface area contributed by atoms with Gasteiger partial charge in [0.25, 0.3) is 0 Å². The number of β-amino-alcohol motifs (C(OH)–C–C–N with tert-alkyl or cyclic N) is 1. The third-order valence-corrected chi connectivity index (χ3v) is 2.48. The molecule has 2 unspecified atom stereocenters. The average Bonchev–Trinajstić information content (AvgIpc) is 2.11. The largest absolute Gasteiger partial charge is 0.480 e. The van der Waals surface area contributed by atoms with Gasteiger partial charge in [-0.15, -0.1) is 0 Å². The second-order valence-electron chi connectivity index (χ2n) is 4.80. The summed E-state index contributed by atoms with van der Waals surface area (Å²) in [7, 11) is 0. The highest BCUT2D eigenvalue weighted by molar-refractivity contribution is 5.78. The van der Waals surface area contributed by atoms with Gasteiger partial charge >= 0.3 is 5.97 Å². The number of carboxylic acid groups (broad SMARTS) is 1. The van der Waals surface area contributed by atoms with E-state index in [1.165, 1.54) is 0 Å². The molecule has 2 atom stereocenters. The van der Waals surface area contributed by atoms with Crippen molar-refractivity contribution in [3.8, 4) is 0 Å². The van der Waals surface area contributed by atoms with Crippen molar-refractivity contribution >= 4 is 5.97 Å². The maximum absolute atomic E-state index is 11.1. The van der Waals surface area contributed by atoms with Gasteiger partial charge < -0.3 is 10.2 Å². The molecule has 0 radical (unpaired) electrons. The molecular weight excluding hydrogens is 194 g/mol. The highest BCUT2D eigenvalue weighted by atomic mass is 16.4. The molecule has 0 aromatic rings. The van der Waals surface area contributed by atoms with Gasteiger partial charge in [-0.1, -0.05) is 13.8 Å². The molecule has 0 aromatic heterocycles. The number of nitrogens with one attached hydrogen (secondary N) is 1. The second kappa shape index (κ2) is 6.08. The predicted octanol–water partition coefficient (Wildman–Crippen LogP) is 1.24. The Bertz CT molecular complexity index is 190. The van der Waals surface area contributed by atoms with Crippen molar-refractivity contribution in [3.05, 3.63) is 0 Å². The minimum Gasteiger partial charge on any atom is -0.480 e. The smallest absolute Gasteiger partial charge is 0.323 e. The Balaban J connectivity index is 4.26. The summed E-state index contributed by atoms with van der Waals surface area (Å²) in [6, 6.07) is 0. The van der Waals surface area contributed by atoms with Crippen LogP contribution < -0.4 is 5.32 Å². The zero-order valence-corrected chi connectivity index (χ0v) is 10.1. The summed E-state index contributed by atoms with van der Waals surface area (Å²) in [5.74, 6) is -0.374. The van der Waals surface area contributed by atoms with Crippen molar-refractivity contribution in [3.63, 3.8) is 0 Å². The molecule has 0 rings (SSSR count). The molecule has 0 bridgehead atoms. The molecule has 0 saturated heterocycles. The van der Waals surface area contributed by atoms with Crippen LogP contribution in [-0.2, 0) is 4.79 Å². The summed E-state index contributed by atoms with van der Waals surface area (Å²) in [5, 5.41) is 21.1. The number of carboxylic acids is 1. The minimum absolute atomic E-state index is 0.306. The first-order chi connectivity index (χ1) is 6.78. The van der Waals surface area contributed by atoms with Crippen LogP contribution >= 0.6 is 0 Å². The normalized spacial score (nSPS) is 17.5. The molecule has 0 saturated carbocycles. The topological polar surface area (TPSA) is 69.6 Å². The zero-order chi connectivity index (χ0) is 12.1. The standard InChI is InChI=1S/C11H23NO3/c1-8(2)5-6-11(4,10(14)15)12-7-9(3)13/h8-9,12-13H,5-7H2,1-4H3,(H,14,15). The van der Waals surface area contributed by atoms with Crippen molar-refractivity contribution in [2.75, 3.05) is 6.54 Å². The highest BCUT2D eigenvalue weighted by Crippen LogP contribution is 2.16. The van der Waals surface area contributed by atoms with Crippen LogP contribution in [0.15, 0.2) is 0 Å². The van der Waals surface area contributed by atoms with E-state index in [-0.39, 0.29) is 0 Å². The lowest BCUT2D eigenvalue weighted by molar-refractivity contribution is -0.144. The van der Waals surface area contributed by atoms with Crippen LogP contribution in [0.5, 0.6) is 0 Å². The molecule has 0 aliphatic heterocycles.